The van der Waals surface area contributed by atoms with Gasteiger partial charge in [-0.3, -0.25) is 4.99 Å². The van der Waals surface area contributed by atoms with E-state index in [-0.39, 0.29) is 17.5 Å². The number of hydrogen-bond donors (Lipinski definition) is 1. The zero-order valence-corrected chi connectivity index (χ0v) is 11.7. The summed E-state index contributed by atoms with van der Waals surface area (Å²) >= 11 is 0. The summed E-state index contributed by atoms with van der Waals surface area (Å²) in [6.45, 7) is 0.648. The number of benzene rings is 1. The number of nitrogens with zero attached hydrogens (tertiary/aromatic N) is 2. The van der Waals surface area contributed by atoms with E-state index in [1.807, 2.05) is 4.90 Å². The van der Waals surface area contributed by atoms with Crippen LogP contribution in [-0.4, -0.2) is 31.3 Å². The van der Waals surface area contributed by atoms with E-state index in [0.717, 1.165) is 31.4 Å². The molecule has 1 saturated carbocycles. The highest BCUT2D eigenvalue weighted by molar-refractivity contribution is 5.98. The van der Waals surface area contributed by atoms with Crippen molar-refractivity contribution >= 4 is 11.6 Å². The number of halogens is 1. The number of methoxy groups -OCH3 is 1. The molecule has 0 saturated heterocycles. The Hall–Kier alpha value is -1.62. The topological polar surface area (TPSA) is 50.9 Å². The molecule has 0 aromatic heterocycles. The van der Waals surface area contributed by atoms with Crippen LogP contribution < -0.4 is 10.6 Å². The van der Waals surface area contributed by atoms with E-state index in [1.54, 1.807) is 19.2 Å². The molecule has 1 aromatic carbocycles. The number of guanidine groups is 1. The Labute approximate surface area is 118 Å². The molecule has 1 aliphatic heterocycles. The fraction of sp³-hybridized carbons (Fsp3) is 0.533. The first-order chi connectivity index (χ1) is 9.67. The van der Waals surface area contributed by atoms with Crippen molar-refractivity contribution in [3.63, 3.8) is 0 Å². The van der Waals surface area contributed by atoms with Gasteiger partial charge in [-0.2, -0.15) is 0 Å². The van der Waals surface area contributed by atoms with Crippen molar-refractivity contribution in [1.29, 1.82) is 0 Å². The SMILES string of the molecule is COC1CCCCC12CN=C(N)N2c1ccc(F)cc1. The van der Waals surface area contributed by atoms with E-state index in [0.29, 0.717) is 12.5 Å². The highest BCUT2D eigenvalue weighted by atomic mass is 19.1. The third-order valence-electron chi connectivity index (χ3n) is 4.48. The maximum Gasteiger partial charge on any atom is 0.196 e. The molecule has 2 atom stereocenters. The maximum absolute atomic E-state index is 13.1. The van der Waals surface area contributed by atoms with Crippen molar-refractivity contribution in [2.45, 2.75) is 37.3 Å². The van der Waals surface area contributed by atoms with Crippen LogP contribution in [0.5, 0.6) is 0 Å². The van der Waals surface area contributed by atoms with E-state index in [9.17, 15) is 4.39 Å². The summed E-state index contributed by atoms with van der Waals surface area (Å²) in [6.07, 6.45) is 4.41. The van der Waals surface area contributed by atoms with Gasteiger partial charge in [-0.1, -0.05) is 12.8 Å². The van der Waals surface area contributed by atoms with Gasteiger partial charge in [0.1, 0.15) is 5.82 Å². The summed E-state index contributed by atoms with van der Waals surface area (Å²) in [4.78, 5) is 6.48. The fourth-order valence-electron chi connectivity index (χ4n) is 3.53. The van der Waals surface area contributed by atoms with Gasteiger partial charge in [0.05, 0.1) is 18.2 Å². The van der Waals surface area contributed by atoms with Gasteiger partial charge in [-0.25, -0.2) is 4.39 Å². The number of rotatable bonds is 2. The third kappa shape index (κ3) is 1.97. The van der Waals surface area contributed by atoms with Crippen molar-refractivity contribution in [1.82, 2.24) is 0 Å². The second-order valence-electron chi connectivity index (χ2n) is 5.56. The molecule has 108 valence electrons. The van der Waals surface area contributed by atoms with Crippen molar-refractivity contribution in [3.8, 4) is 0 Å². The van der Waals surface area contributed by atoms with Crippen LogP contribution in [0.15, 0.2) is 29.3 Å². The van der Waals surface area contributed by atoms with E-state index in [1.165, 1.54) is 12.1 Å². The molecule has 1 spiro atoms. The summed E-state index contributed by atoms with van der Waals surface area (Å²) < 4.78 is 18.9. The molecule has 5 heteroatoms. The van der Waals surface area contributed by atoms with E-state index in [4.69, 9.17) is 10.5 Å². The molecule has 1 fully saturated rings. The van der Waals surface area contributed by atoms with Crippen LogP contribution in [0.4, 0.5) is 10.1 Å². The summed E-state index contributed by atoms with van der Waals surface area (Å²) in [6, 6.07) is 6.43. The van der Waals surface area contributed by atoms with Gasteiger partial charge in [0, 0.05) is 12.8 Å². The second kappa shape index (κ2) is 5.05. The lowest BCUT2D eigenvalue weighted by atomic mass is 9.78. The lowest BCUT2D eigenvalue weighted by Crippen LogP contribution is -2.61. The summed E-state index contributed by atoms with van der Waals surface area (Å²) in [5, 5.41) is 0. The zero-order chi connectivity index (χ0) is 14.2. The predicted molar refractivity (Wildman–Crippen MR) is 77.4 cm³/mol. The quantitative estimate of drug-likeness (QED) is 0.902. The molecule has 20 heavy (non-hydrogen) atoms. The Morgan fingerprint density at radius 3 is 2.80 bits per heavy atom. The average Bonchev–Trinajstić information content (AvgIpc) is 2.78. The Kier molecular flexibility index (Phi) is 3.38. The van der Waals surface area contributed by atoms with Crippen LogP contribution in [-0.2, 0) is 4.74 Å². The summed E-state index contributed by atoms with van der Waals surface area (Å²) in [5.74, 6) is 0.255. The first-order valence-electron chi connectivity index (χ1n) is 7.06. The van der Waals surface area contributed by atoms with Crippen molar-refractivity contribution < 1.29 is 9.13 Å². The van der Waals surface area contributed by atoms with Gasteiger partial charge in [-0.15, -0.1) is 0 Å². The number of ether oxygens (including phenoxy) is 1. The molecule has 2 N–H and O–H groups in total. The molecular weight excluding hydrogens is 257 g/mol. The van der Waals surface area contributed by atoms with Crippen LogP contribution in [0.2, 0.25) is 0 Å². The monoisotopic (exact) mass is 277 g/mol. The van der Waals surface area contributed by atoms with Gasteiger partial charge in [0.2, 0.25) is 0 Å². The van der Waals surface area contributed by atoms with Crippen LogP contribution in [0, 0.1) is 5.82 Å². The lowest BCUT2D eigenvalue weighted by Gasteiger charge is -2.46. The molecule has 2 unspecified atom stereocenters. The van der Waals surface area contributed by atoms with Gasteiger partial charge in [0.15, 0.2) is 5.96 Å². The molecule has 0 radical (unpaired) electrons. The normalized spacial score (nSPS) is 29.8. The third-order valence-corrected chi connectivity index (χ3v) is 4.48. The zero-order valence-electron chi connectivity index (χ0n) is 11.7. The Morgan fingerprint density at radius 1 is 1.35 bits per heavy atom. The van der Waals surface area contributed by atoms with Gasteiger partial charge < -0.3 is 15.4 Å². The smallest absolute Gasteiger partial charge is 0.196 e. The largest absolute Gasteiger partial charge is 0.379 e. The molecule has 3 rings (SSSR count). The molecule has 2 aliphatic rings. The average molecular weight is 277 g/mol. The standard InChI is InChI=1S/C15H20FN3O/c1-20-13-4-2-3-9-15(13)10-18-14(17)19(15)12-7-5-11(16)6-8-12/h5-8,13H,2-4,9-10H2,1H3,(H2,17,18). The van der Waals surface area contributed by atoms with Crippen LogP contribution in [0.1, 0.15) is 25.7 Å². The molecular formula is C15H20FN3O. The second-order valence-corrected chi connectivity index (χ2v) is 5.56. The summed E-state index contributed by atoms with van der Waals surface area (Å²) in [5.41, 5.74) is 6.77. The number of hydrogen-bond acceptors (Lipinski definition) is 4. The fourth-order valence-corrected chi connectivity index (χ4v) is 3.53. The summed E-state index contributed by atoms with van der Waals surface area (Å²) in [7, 11) is 1.75. The van der Waals surface area contributed by atoms with Crippen LogP contribution in [0.3, 0.4) is 0 Å². The molecule has 1 heterocycles. The molecule has 1 aromatic rings. The Balaban J connectivity index is 2.00. The van der Waals surface area contributed by atoms with E-state index in [2.05, 4.69) is 4.99 Å². The van der Waals surface area contributed by atoms with Crippen molar-refractivity contribution in [2.75, 3.05) is 18.6 Å². The highest BCUT2D eigenvalue weighted by Gasteiger charge is 2.50. The van der Waals surface area contributed by atoms with Gasteiger partial charge in [-0.05, 0) is 37.1 Å². The highest BCUT2D eigenvalue weighted by Crippen LogP contribution is 2.41. The number of anilines is 1. The Morgan fingerprint density at radius 2 is 2.10 bits per heavy atom. The number of nitrogens with two attached hydrogens (primary N) is 1. The van der Waals surface area contributed by atoms with Crippen LogP contribution in [0.25, 0.3) is 0 Å². The van der Waals surface area contributed by atoms with Gasteiger partial charge >= 0.3 is 0 Å². The van der Waals surface area contributed by atoms with E-state index < -0.39 is 0 Å². The minimum Gasteiger partial charge on any atom is -0.379 e. The molecule has 0 amide bonds. The van der Waals surface area contributed by atoms with E-state index >= 15 is 0 Å². The maximum atomic E-state index is 13.1. The minimum absolute atomic E-state index is 0.103. The first-order valence-corrected chi connectivity index (χ1v) is 7.06. The van der Waals surface area contributed by atoms with Crippen molar-refractivity contribution in [2.24, 2.45) is 10.7 Å². The van der Waals surface area contributed by atoms with Crippen molar-refractivity contribution in [3.05, 3.63) is 30.1 Å². The molecule has 1 aliphatic carbocycles. The minimum atomic E-state index is -0.246. The predicted octanol–water partition coefficient (Wildman–Crippen LogP) is 2.29. The van der Waals surface area contributed by atoms with Crippen LogP contribution >= 0.6 is 0 Å². The number of aliphatic imine (C=N–C) groups is 1. The van der Waals surface area contributed by atoms with Gasteiger partial charge in [0.25, 0.3) is 0 Å². The lowest BCUT2D eigenvalue weighted by molar-refractivity contribution is 0.0144. The molecule has 0 bridgehead atoms. The Bertz CT molecular complexity index is 516. The first kappa shape index (κ1) is 13.4. The molecule has 4 nitrogen and oxygen atoms in total.